The lowest BCUT2D eigenvalue weighted by atomic mass is 9.86. The van der Waals surface area contributed by atoms with E-state index >= 15 is 0 Å². The van der Waals surface area contributed by atoms with Gasteiger partial charge in [0.05, 0.1) is 6.67 Å². The van der Waals surface area contributed by atoms with Gasteiger partial charge in [0.25, 0.3) is 0 Å². The van der Waals surface area contributed by atoms with Crippen LogP contribution in [-0.2, 0) is 24.9 Å². The maximum absolute atomic E-state index is 6.33. The lowest BCUT2D eigenvalue weighted by Gasteiger charge is -2.45. The number of hydrogen-bond acceptors (Lipinski definition) is 3. The Hall–Kier alpha value is -3.98. The molecular weight excluding hydrogens is 500 g/mol. The molecule has 4 aromatic rings. The summed E-state index contributed by atoms with van der Waals surface area (Å²) in [4.78, 5) is 4.97. The molecule has 6 rings (SSSR count). The fourth-order valence-electron chi connectivity index (χ4n) is 6.10. The fourth-order valence-corrected chi connectivity index (χ4v) is 6.10. The van der Waals surface area contributed by atoms with Gasteiger partial charge in [0, 0.05) is 24.5 Å². The summed E-state index contributed by atoms with van der Waals surface area (Å²) in [5, 5.41) is 0. The summed E-state index contributed by atoms with van der Waals surface area (Å²) in [7, 11) is 0. The maximum Gasteiger partial charge on any atom is 0.127 e. The molecule has 3 nitrogen and oxygen atoms in total. The summed E-state index contributed by atoms with van der Waals surface area (Å²) in [6.07, 6.45) is 1.09. The first-order valence-corrected chi connectivity index (χ1v) is 14.8. The Kier molecular flexibility index (Phi) is 6.72. The van der Waals surface area contributed by atoms with Crippen molar-refractivity contribution in [2.24, 2.45) is 5.41 Å². The van der Waals surface area contributed by atoms with Crippen LogP contribution in [0.15, 0.2) is 91.5 Å². The third-order valence-corrected chi connectivity index (χ3v) is 8.21. The average molecular weight is 543 g/mol. The molecule has 0 fully saturated rings. The molecule has 0 radical (unpaired) electrons. The minimum Gasteiger partial charge on any atom is -0.457 e. The van der Waals surface area contributed by atoms with Gasteiger partial charge in [-0.1, -0.05) is 96.7 Å². The van der Waals surface area contributed by atoms with Crippen LogP contribution in [0, 0.1) is 5.41 Å². The smallest absolute Gasteiger partial charge is 0.127 e. The zero-order valence-electron chi connectivity index (χ0n) is 25.4. The molecule has 0 saturated carbocycles. The minimum atomic E-state index is 0.142. The van der Waals surface area contributed by atoms with Gasteiger partial charge in [-0.2, -0.15) is 0 Å². The number of rotatable bonds is 5. The lowest BCUT2D eigenvalue weighted by molar-refractivity contribution is 0.411. The van der Waals surface area contributed by atoms with Crippen LogP contribution in [0.5, 0.6) is 11.5 Å². The number of anilines is 2. The Morgan fingerprint density at radius 1 is 0.683 bits per heavy atom. The zero-order chi connectivity index (χ0) is 28.9. The van der Waals surface area contributed by atoms with Crippen LogP contribution in [0.1, 0.15) is 74.9 Å². The Labute approximate surface area is 246 Å². The lowest BCUT2D eigenvalue weighted by Crippen LogP contribution is -2.46. The summed E-state index contributed by atoms with van der Waals surface area (Å²) in [5.41, 5.74) is 11.9. The summed E-state index contributed by atoms with van der Waals surface area (Å²) in [6, 6.07) is 30.6. The van der Waals surface area contributed by atoms with E-state index in [2.05, 4.69) is 131 Å². The van der Waals surface area contributed by atoms with Crippen molar-refractivity contribution in [2.45, 2.75) is 66.5 Å². The normalized spacial score (nSPS) is 14.4. The molecule has 2 heterocycles. The molecular formula is C38H42N2O. The van der Waals surface area contributed by atoms with Crippen molar-refractivity contribution in [1.29, 1.82) is 0 Å². The quantitative estimate of drug-likeness (QED) is 0.250. The average Bonchev–Trinajstić information content (AvgIpc) is 2.91. The van der Waals surface area contributed by atoms with Crippen LogP contribution in [0.2, 0.25) is 0 Å². The summed E-state index contributed by atoms with van der Waals surface area (Å²) in [5.74, 6) is 1.70. The van der Waals surface area contributed by atoms with Crippen molar-refractivity contribution >= 4 is 16.9 Å². The van der Waals surface area contributed by atoms with E-state index in [0.717, 1.165) is 54.4 Å². The first-order chi connectivity index (χ1) is 19.4. The minimum absolute atomic E-state index is 0.142. The van der Waals surface area contributed by atoms with Gasteiger partial charge in [0.2, 0.25) is 0 Å². The monoisotopic (exact) mass is 542 g/mol. The number of nitrogens with zero attached hydrogens (tertiary/aromatic N) is 2. The molecule has 0 unspecified atom stereocenters. The summed E-state index contributed by atoms with van der Waals surface area (Å²) >= 11 is 0. The summed E-state index contributed by atoms with van der Waals surface area (Å²) < 4.78 is 6.33. The van der Waals surface area contributed by atoms with Gasteiger partial charge < -0.3 is 14.5 Å². The highest BCUT2D eigenvalue weighted by Crippen LogP contribution is 2.40. The molecule has 0 atom stereocenters. The molecule has 3 heteroatoms. The number of benzene rings is 4. The van der Waals surface area contributed by atoms with Crippen molar-refractivity contribution in [1.82, 2.24) is 0 Å². The molecule has 0 aliphatic carbocycles. The molecule has 0 aromatic heterocycles. The largest absolute Gasteiger partial charge is 0.457 e. The number of hydrogen-bond donors (Lipinski definition) is 0. The highest BCUT2D eigenvalue weighted by molar-refractivity contribution is 5.78. The van der Waals surface area contributed by atoms with E-state index in [9.17, 15) is 0 Å². The van der Waals surface area contributed by atoms with E-state index in [1.807, 2.05) is 12.1 Å². The Morgan fingerprint density at radius 3 is 1.80 bits per heavy atom. The van der Waals surface area contributed by atoms with Crippen LogP contribution in [-0.4, -0.2) is 6.67 Å². The molecule has 210 valence electrons. The van der Waals surface area contributed by atoms with Gasteiger partial charge in [0.15, 0.2) is 0 Å². The second-order valence-electron chi connectivity index (χ2n) is 14.0. The van der Waals surface area contributed by atoms with Crippen molar-refractivity contribution in [2.75, 3.05) is 16.5 Å². The highest BCUT2D eigenvalue weighted by atomic mass is 16.5. The van der Waals surface area contributed by atoms with Crippen LogP contribution in [0.4, 0.5) is 11.4 Å². The summed E-state index contributed by atoms with van der Waals surface area (Å²) in [6.45, 7) is 20.8. The van der Waals surface area contributed by atoms with E-state index in [4.69, 9.17) is 4.74 Å². The Balaban J connectivity index is 1.15. The molecule has 2 aliphatic rings. The third-order valence-electron chi connectivity index (χ3n) is 8.21. The predicted octanol–water partition coefficient (Wildman–Crippen LogP) is 9.72. The second-order valence-corrected chi connectivity index (χ2v) is 14.0. The van der Waals surface area contributed by atoms with Crippen LogP contribution >= 0.6 is 0 Å². The predicted molar refractivity (Wildman–Crippen MR) is 173 cm³/mol. The molecule has 2 bridgehead atoms. The van der Waals surface area contributed by atoms with Gasteiger partial charge in [-0.15, -0.1) is 0 Å². The van der Waals surface area contributed by atoms with Crippen molar-refractivity contribution < 1.29 is 4.74 Å². The molecule has 41 heavy (non-hydrogen) atoms. The molecule has 0 amide bonds. The van der Waals surface area contributed by atoms with E-state index in [0.29, 0.717) is 0 Å². The third kappa shape index (κ3) is 5.77. The van der Waals surface area contributed by atoms with Gasteiger partial charge in [0.1, 0.15) is 11.5 Å². The van der Waals surface area contributed by atoms with E-state index < -0.39 is 0 Å². The van der Waals surface area contributed by atoms with Gasteiger partial charge in [-0.3, -0.25) is 0 Å². The fraction of sp³-hybridized carbons (Fsp3) is 0.316. The first-order valence-electron chi connectivity index (χ1n) is 14.8. The molecule has 0 spiro atoms. The van der Waals surface area contributed by atoms with Crippen LogP contribution in [0.25, 0.3) is 5.57 Å². The number of fused-ring (bicyclic) bond motifs is 6. The highest BCUT2D eigenvalue weighted by Gasteiger charge is 2.30. The molecule has 0 N–H and O–H groups in total. The van der Waals surface area contributed by atoms with Gasteiger partial charge in [-0.25, -0.2) is 0 Å². The molecule has 0 saturated heterocycles. The van der Waals surface area contributed by atoms with Crippen molar-refractivity contribution in [3.8, 4) is 11.5 Å². The molecule has 4 aromatic carbocycles. The Bertz CT molecular complexity index is 1580. The standard InChI is InChI=1S/C38H42N2O/c1-26(28-9-13-32(14-10-28)38(5,6)7)29-11-15-33(16-12-29)41-34-17-19-36-31(21-34)24-40-25-39(36)23-30-20-27(8-18-35(30)40)22-37(2,3)4/h8-21H,1,22-25H2,2-7H3. The first kappa shape index (κ1) is 27.2. The van der Waals surface area contributed by atoms with E-state index in [1.54, 1.807) is 0 Å². The maximum atomic E-state index is 6.33. The van der Waals surface area contributed by atoms with Crippen LogP contribution < -0.4 is 14.5 Å². The zero-order valence-corrected chi connectivity index (χ0v) is 25.4. The topological polar surface area (TPSA) is 15.7 Å². The van der Waals surface area contributed by atoms with E-state index in [-0.39, 0.29) is 10.8 Å². The van der Waals surface area contributed by atoms with E-state index in [1.165, 1.54) is 33.6 Å². The van der Waals surface area contributed by atoms with Crippen molar-refractivity contribution in [3.05, 3.63) is 125 Å². The van der Waals surface area contributed by atoms with Crippen LogP contribution in [0.3, 0.4) is 0 Å². The molecule has 2 aliphatic heterocycles. The Morgan fingerprint density at radius 2 is 1.22 bits per heavy atom. The SMILES string of the molecule is C=C(c1ccc(Oc2ccc3c(c2)CN2CN3Cc3cc(CC(C)(C)C)ccc32)cc1)c1ccc(C(C)(C)C)cc1. The second kappa shape index (κ2) is 10.1. The van der Waals surface area contributed by atoms with Crippen molar-refractivity contribution in [3.63, 3.8) is 0 Å². The van der Waals surface area contributed by atoms with Gasteiger partial charge >= 0.3 is 0 Å². The number of ether oxygens (including phenoxy) is 1. The van der Waals surface area contributed by atoms with Gasteiger partial charge in [-0.05, 0) is 92.6 Å².